The summed E-state index contributed by atoms with van der Waals surface area (Å²) in [7, 11) is 0. The average Bonchev–Trinajstić information content (AvgIpc) is 2.50. The summed E-state index contributed by atoms with van der Waals surface area (Å²) >= 11 is 0. The van der Waals surface area contributed by atoms with Crippen LogP contribution in [0, 0.1) is 0 Å². The minimum atomic E-state index is 0.674. The predicted octanol–water partition coefficient (Wildman–Crippen LogP) is 4.38. The molecule has 0 unspecified atom stereocenters. The van der Waals surface area contributed by atoms with Gasteiger partial charge in [-0.2, -0.15) is 0 Å². The lowest BCUT2D eigenvalue weighted by Gasteiger charge is -2.09. The van der Waals surface area contributed by atoms with Gasteiger partial charge in [0.25, 0.3) is 0 Å². The zero-order chi connectivity index (χ0) is 14.9. The van der Waals surface area contributed by atoms with Gasteiger partial charge in [-0.3, -0.25) is 0 Å². The van der Waals surface area contributed by atoms with E-state index in [1.165, 1.54) is 5.56 Å². The van der Waals surface area contributed by atoms with Crippen molar-refractivity contribution < 1.29 is 9.47 Å². The van der Waals surface area contributed by atoms with Crippen LogP contribution in [0.2, 0.25) is 0 Å². The molecule has 3 heteroatoms. The first kappa shape index (κ1) is 15.4. The minimum absolute atomic E-state index is 0.674. The third kappa shape index (κ3) is 5.12. The fourth-order valence-electron chi connectivity index (χ4n) is 2.04. The maximum Gasteiger partial charge on any atom is 0.127 e. The van der Waals surface area contributed by atoms with E-state index in [1.807, 2.05) is 43.3 Å². The highest BCUT2D eigenvalue weighted by atomic mass is 16.5. The second-order valence-corrected chi connectivity index (χ2v) is 4.83. The summed E-state index contributed by atoms with van der Waals surface area (Å²) < 4.78 is 11.3. The molecule has 0 fully saturated rings. The molecule has 1 N–H and O–H groups in total. The summed E-state index contributed by atoms with van der Waals surface area (Å²) in [5.41, 5.74) is 1.23. The molecule has 0 aliphatic carbocycles. The number of nitrogens with one attached hydrogen (secondary N) is 1. The van der Waals surface area contributed by atoms with Crippen LogP contribution in [0.5, 0.6) is 17.2 Å². The van der Waals surface area contributed by atoms with Crippen LogP contribution in [0.1, 0.15) is 25.8 Å². The van der Waals surface area contributed by atoms with Crippen LogP contribution in [0.25, 0.3) is 0 Å². The maximum atomic E-state index is 5.88. The molecule has 0 bridgehead atoms. The van der Waals surface area contributed by atoms with Crippen LogP contribution in [0.15, 0.2) is 48.5 Å². The molecule has 0 aliphatic rings. The lowest BCUT2D eigenvalue weighted by atomic mass is 10.2. The molecule has 0 amide bonds. The Morgan fingerprint density at radius 1 is 0.905 bits per heavy atom. The molecule has 2 aromatic rings. The highest BCUT2D eigenvalue weighted by molar-refractivity contribution is 5.36. The lowest BCUT2D eigenvalue weighted by Crippen LogP contribution is -2.13. The molecule has 0 aromatic heterocycles. The van der Waals surface area contributed by atoms with E-state index in [-0.39, 0.29) is 0 Å². The van der Waals surface area contributed by atoms with Gasteiger partial charge in [0.2, 0.25) is 0 Å². The monoisotopic (exact) mass is 285 g/mol. The molecule has 0 heterocycles. The van der Waals surface area contributed by atoms with Crippen LogP contribution >= 0.6 is 0 Å². The predicted molar refractivity (Wildman–Crippen MR) is 86.1 cm³/mol. The first-order valence-corrected chi connectivity index (χ1v) is 7.52. The Morgan fingerprint density at radius 2 is 1.67 bits per heavy atom. The Balaban J connectivity index is 1.96. The van der Waals surface area contributed by atoms with Crippen molar-refractivity contribution in [2.24, 2.45) is 0 Å². The van der Waals surface area contributed by atoms with E-state index < -0.39 is 0 Å². The molecule has 21 heavy (non-hydrogen) atoms. The quantitative estimate of drug-likeness (QED) is 0.730. The van der Waals surface area contributed by atoms with Crippen molar-refractivity contribution in [3.8, 4) is 17.2 Å². The van der Waals surface area contributed by atoms with E-state index in [2.05, 4.69) is 24.4 Å². The number of ether oxygens (including phenoxy) is 2. The van der Waals surface area contributed by atoms with Crippen LogP contribution in [0.3, 0.4) is 0 Å². The standard InChI is InChI=1S/C18H23NO2/c1-3-12-19-14-15-6-5-7-18(13-15)21-17-10-8-16(9-11-17)20-4-2/h5-11,13,19H,3-4,12,14H2,1-2H3. The van der Waals surface area contributed by atoms with E-state index in [0.29, 0.717) is 6.61 Å². The molecular formula is C18H23NO2. The van der Waals surface area contributed by atoms with E-state index >= 15 is 0 Å². The van der Waals surface area contributed by atoms with Gasteiger partial charge in [0.1, 0.15) is 17.2 Å². The smallest absolute Gasteiger partial charge is 0.127 e. The molecule has 2 aromatic carbocycles. The highest BCUT2D eigenvalue weighted by Gasteiger charge is 2.00. The van der Waals surface area contributed by atoms with Crippen molar-refractivity contribution in [2.45, 2.75) is 26.8 Å². The van der Waals surface area contributed by atoms with Crippen LogP contribution < -0.4 is 14.8 Å². The minimum Gasteiger partial charge on any atom is -0.494 e. The Bertz CT molecular complexity index is 537. The number of rotatable bonds is 8. The summed E-state index contributed by atoms with van der Waals surface area (Å²) in [6.07, 6.45) is 1.14. The maximum absolute atomic E-state index is 5.88. The van der Waals surface area contributed by atoms with Crippen molar-refractivity contribution >= 4 is 0 Å². The summed E-state index contributed by atoms with van der Waals surface area (Å²) in [6.45, 7) is 6.71. The van der Waals surface area contributed by atoms with Crippen molar-refractivity contribution in [3.05, 3.63) is 54.1 Å². The summed E-state index contributed by atoms with van der Waals surface area (Å²) in [5.74, 6) is 2.54. The van der Waals surface area contributed by atoms with E-state index in [9.17, 15) is 0 Å². The number of hydrogen-bond donors (Lipinski definition) is 1. The van der Waals surface area contributed by atoms with Crippen molar-refractivity contribution in [2.75, 3.05) is 13.2 Å². The van der Waals surface area contributed by atoms with Crippen molar-refractivity contribution in [1.82, 2.24) is 5.32 Å². The average molecular weight is 285 g/mol. The molecular weight excluding hydrogens is 262 g/mol. The normalized spacial score (nSPS) is 10.4. The third-order valence-corrected chi connectivity index (χ3v) is 3.02. The summed E-state index contributed by atoms with van der Waals surface area (Å²) in [5, 5.41) is 3.39. The molecule has 0 atom stereocenters. The number of benzene rings is 2. The van der Waals surface area contributed by atoms with Gasteiger partial charge in [0.15, 0.2) is 0 Å². The molecule has 0 saturated heterocycles. The molecule has 0 aliphatic heterocycles. The van der Waals surface area contributed by atoms with Crippen LogP contribution in [0.4, 0.5) is 0 Å². The first-order chi connectivity index (χ1) is 10.3. The van der Waals surface area contributed by atoms with Crippen LogP contribution in [-0.4, -0.2) is 13.2 Å². The Morgan fingerprint density at radius 3 is 2.38 bits per heavy atom. The van der Waals surface area contributed by atoms with E-state index in [0.717, 1.165) is 36.8 Å². The van der Waals surface area contributed by atoms with Crippen LogP contribution in [-0.2, 0) is 6.54 Å². The van der Waals surface area contributed by atoms with Gasteiger partial charge in [-0.15, -0.1) is 0 Å². The van der Waals surface area contributed by atoms with E-state index in [4.69, 9.17) is 9.47 Å². The third-order valence-electron chi connectivity index (χ3n) is 3.02. The molecule has 0 spiro atoms. The fraction of sp³-hybridized carbons (Fsp3) is 0.333. The largest absolute Gasteiger partial charge is 0.494 e. The molecule has 0 saturated carbocycles. The Hall–Kier alpha value is -2.00. The van der Waals surface area contributed by atoms with E-state index in [1.54, 1.807) is 0 Å². The second-order valence-electron chi connectivity index (χ2n) is 4.83. The number of hydrogen-bond acceptors (Lipinski definition) is 3. The van der Waals surface area contributed by atoms with Gasteiger partial charge >= 0.3 is 0 Å². The van der Waals surface area contributed by atoms with Gasteiger partial charge in [-0.1, -0.05) is 19.1 Å². The van der Waals surface area contributed by atoms with Gasteiger partial charge < -0.3 is 14.8 Å². The van der Waals surface area contributed by atoms with Crippen molar-refractivity contribution in [3.63, 3.8) is 0 Å². The summed E-state index contributed by atoms with van der Waals surface area (Å²) in [4.78, 5) is 0. The second kappa shape index (κ2) is 8.32. The lowest BCUT2D eigenvalue weighted by molar-refractivity contribution is 0.339. The van der Waals surface area contributed by atoms with Gasteiger partial charge in [-0.05, 0) is 61.9 Å². The highest BCUT2D eigenvalue weighted by Crippen LogP contribution is 2.24. The SMILES string of the molecule is CCCNCc1cccc(Oc2ccc(OCC)cc2)c1. The van der Waals surface area contributed by atoms with Gasteiger partial charge in [0, 0.05) is 6.54 Å². The van der Waals surface area contributed by atoms with Gasteiger partial charge in [-0.25, -0.2) is 0 Å². The first-order valence-electron chi connectivity index (χ1n) is 7.52. The summed E-state index contributed by atoms with van der Waals surface area (Å²) in [6, 6.07) is 15.9. The molecule has 2 rings (SSSR count). The Kier molecular flexibility index (Phi) is 6.10. The molecule has 0 radical (unpaired) electrons. The zero-order valence-electron chi connectivity index (χ0n) is 12.8. The topological polar surface area (TPSA) is 30.5 Å². The molecule has 112 valence electrons. The molecule has 3 nitrogen and oxygen atoms in total. The Labute approximate surface area is 126 Å². The van der Waals surface area contributed by atoms with Gasteiger partial charge in [0.05, 0.1) is 6.61 Å². The zero-order valence-corrected chi connectivity index (χ0v) is 12.8. The fourth-order valence-corrected chi connectivity index (χ4v) is 2.04. The van der Waals surface area contributed by atoms with Crippen molar-refractivity contribution in [1.29, 1.82) is 0 Å².